The van der Waals surface area contributed by atoms with E-state index in [1.165, 1.54) is 11.1 Å². The molecule has 1 fully saturated rings. The van der Waals surface area contributed by atoms with Crippen LogP contribution < -0.4 is 10.6 Å². The quantitative estimate of drug-likeness (QED) is 0.329. The highest BCUT2D eigenvalue weighted by Gasteiger charge is 2.13. The van der Waals surface area contributed by atoms with Crippen LogP contribution in [0.15, 0.2) is 33.7 Å². The number of aliphatic imine (C=N–C) groups is 1. The second-order valence-electron chi connectivity index (χ2n) is 7.69. The van der Waals surface area contributed by atoms with E-state index in [1.807, 2.05) is 13.8 Å². The largest absolute Gasteiger partial charge is 0.444 e. The Morgan fingerprint density at radius 1 is 1.07 bits per heavy atom. The lowest BCUT2D eigenvalue weighted by Gasteiger charge is -2.32. The molecule has 8 heteroatoms. The highest BCUT2D eigenvalue weighted by atomic mass is 127. The highest BCUT2D eigenvalue weighted by Crippen LogP contribution is 2.11. The Hall–Kier alpha value is -1.65. The minimum atomic E-state index is 0. The predicted molar refractivity (Wildman–Crippen MR) is 132 cm³/mol. The van der Waals surface area contributed by atoms with Crippen LogP contribution in [0.25, 0.3) is 0 Å². The maximum Gasteiger partial charge on any atom is 0.214 e. The first-order valence-corrected chi connectivity index (χ1v) is 10.5. The van der Waals surface area contributed by atoms with Gasteiger partial charge in [-0.05, 0) is 38.9 Å². The number of likely N-dealkylation sites (N-methyl/N-ethyl adjacent to an activating group) is 1. The third-order valence-corrected chi connectivity index (χ3v) is 5.27. The van der Waals surface area contributed by atoms with Crippen molar-refractivity contribution < 1.29 is 4.42 Å². The number of benzene rings is 1. The van der Waals surface area contributed by atoms with E-state index < -0.39 is 0 Å². The topological polar surface area (TPSA) is 68.9 Å². The van der Waals surface area contributed by atoms with Gasteiger partial charge in [-0.3, -0.25) is 4.90 Å². The van der Waals surface area contributed by atoms with Gasteiger partial charge in [-0.15, -0.1) is 24.0 Å². The number of piperazine rings is 1. The van der Waals surface area contributed by atoms with Crippen molar-refractivity contribution in [1.29, 1.82) is 0 Å². The normalized spacial score (nSPS) is 15.7. The maximum atomic E-state index is 5.62. The lowest BCUT2D eigenvalue weighted by molar-refractivity contribution is 0.148. The van der Waals surface area contributed by atoms with Crippen LogP contribution in [0, 0.1) is 13.8 Å². The van der Waals surface area contributed by atoms with E-state index >= 15 is 0 Å². The van der Waals surface area contributed by atoms with E-state index in [2.05, 4.69) is 63.7 Å². The monoisotopic (exact) mass is 526 g/mol. The summed E-state index contributed by atoms with van der Waals surface area (Å²) in [6, 6.07) is 8.81. The summed E-state index contributed by atoms with van der Waals surface area (Å²) in [5.41, 5.74) is 3.49. The van der Waals surface area contributed by atoms with Crippen molar-refractivity contribution in [3.63, 3.8) is 0 Å². The molecule has 2 heterocycles. The molecule has 30 heavy (non-hydrogen) atoms. The van der Waals surface area contributed by atoms with Gasteiger partial charge in [0.15, 0.2) is 5.96 Å². The molecular formula is C22H35IN6O. The Labute approximate surface area is 197 Å². The molecule has 166 valence electrons. The van der Waals surface area contributed by atoms with E-state index in [4.69, 9.17) is 9.41 Å². The molecule has 7 nitrogen and oxygen atoms in total. The van der Waals surface area contributed by atoms with Crippen LogP contribution in [0.2, 0.25) is 0 Å². The number of halogens is 1. The predicted octanol–water partition coefficient (Wildman–Crippen LogP) is 2.91. The Morgan fingerprint density at radius 2 is 1.73 bits per heavy atom. The third kappa shape index (κ3) is 7.55. The van der Waals surface area contributed by atoms with Gasteiger partial charge >= 0.3 is 0 Å². The van der Waals surface area contributed by atoms with Crippen molar-refractivity contribution in [3.05, 3.63) is 52.7 Å². The molecule has 1 aliphatic rings. The number of oxazole rings is 1. The zero-order chi connectivity index (χ0) is 20.6. The molecule has 0 saturated carbocycles. The van der Waals surface area contributed by atoms with Crippen LogP contribution in [0.3, 0.4) is 0 Å². The highest BCUT2D eigenvalue weighted by molar-refractivity contribution is 14.0. The molecule has 1 aromatic carbocycles. The fraction of sp³-hybridized carbons (Fsp3) is 0.545. The van der Waals surface area contributed by atoms with Crippen molar-refractivity contribution in [2.75, 3.05) is 39.8 Å². The minimum absolute atomic E-state index is 0. The summed E-state index contributed by atoms with van der Waals surface area (Å²) in [7, 11) is 2.19. The molecule has 0 amide bonds. The van der Waals surface area contributed by atoms with E-state index in [9.17, 15) is 0 Å². The van der Waals surface area contributed by atoms with Gasteiger partial charge in [0.25, 0.3) is 0 Å². The average molecular weight is 526 g/mol. The van der Waals surface area contributed by atoms with Gasteiger partial charge in [-0.25, -0.2) is 9.98 Å². The van der Waals surface area contributed by atoms with Gasteiger partial charge in [-0.2, -0.15) is 0 Å². The van der Waals surface area contributed by atoms with Gasteiger partial charge in [0.1, 0.15) is 5.76 Å². The number of rotatable bonds is 7. The Kier molecular flexibility index (Phi) is 10.1. The van der Waals surface area contributed by atoms with Crippen molar-refractivity contribution in [1.82, 2.24) is 25.4 Å². The van der Waals surface area contributed by atoms with Crippen molar-refractivity contribution >= 4 is 29.9 Å². The number of nitrogens with zero attached hydrogens (tertiary/aromatic N) is 4. The summed E-state index contributed by atoms with van der Waals surface area (Å²) in [5, 5.41) is 6.56. The number of guanidine groups is 1. The molecule has 0 spiro atoms. The molecule has 0 radical (unpaired) electrons. The van der Waals surface area contributed by atoms with Crippen LogP contribution >= 0.6 is 24.0 Å². The molecule has 0 aliphatic carbocycles. The lowest BCUT2D eigenvalue weighted by atomic mass is 10.1. The standard InChI is InChI=1S/C22H34N6O.HI/c1-5-23-22(25-15-21-26-17(2)18(3)29-21)24-14-19-6-8-20(9-7-19)16-28-12-10-27(4)11-13-28;/h6-9H,5,10-16H2,1-4H3,(H2,23,24,25);1H. The average Bonchev–Trinajstić information content (AvgIpc) is 3.04. The smallest absolute Gasteiger partial charge is 0.214 e. The first-order chi connectivity index (χ1) is 14.0. The van der Waals surface area contributed by atoms with Crippen LogP contribution in [-0.4, -0.2) is 60.5 Å². The van der Waals surface area contributed by atoms with E-state index in [0.29, 0.717) is 19.0 Å². The molecule has 0 unspecified atom stereocenters. The summed E-state index contributed by atoms with van der Waals surface area (Å²) < 4.78 is 5.62. The molecule has 1 saturated heterocycles. The molecular weight excluding hydrogens is 491 g/mol. The molecule has 0 atom stereocenters. The molecule has 3 rings (SSSR count). The fourth-order valence-corrected chi connectivity index (χ4v) is 3.30. The van der Waals surface area contributed by atoms with Crippen LogP contribution in [-0.2, 0) is 19.6 Å². The van der Waals surface area contributed by atoms with E-state index in [-0.39, 0.29) is 24.0 Å². The Balaban J connectivity index is 0.00000320. The van der Waals surface area contributed by atoms with Crippen LogP contribution in [0.5, 0.6) is 0 Å². The second-order valence-corrected chi connectivity index (χ2v) is 7.69. The zero-order valence-electron chi connectivity index (χ0n) is 18.6. The molecule has 1 aliphatic heterocycles. The lowest BCUT2D eigenvalue weighted by Crippen LogP contribution is -2.43. The number of aromatic nitrogens is 1. The third-order valence-electron chi connectivity index (χ3n) is 5.27. The number of nitrogens with one attached hydrogen (secondary N) is 2. The van der Waals surface area contributed by atoms with Crippen LogP contribution in [0.4, 0.5) is 0 Å². The molecule has 1 aromatic heterocycles. The summed E-state index contributed by atoms with van der Waals surface area (Å²) in [4.78, 5) is 14.0. The van der Waals surface area contributed by atoms with E-state index in [1.54, 1.807) is 0 Å². The number of hydrogen-bond donors (Lipinski definition) is 2. The summed E-state index contributed by atoms with van der Waals surface area (Å²) in [6.45, 7) is 13.5. The summed E-state index contributed by atoms with van der Waals surface area (Å²) >= 11 is 0. The fourth-order valence-electron chi connectivity index (χ4n) is 3.30. The van der Waals surface area contributed by atoms with Crippen molar-refractivity contribution in [2.24, 2.45) is 4.99 Å². The van der Waals surface area contributed by atoms with Gasteiger partial charge in [0.05, 0.1) is 18.8 Å². The van der Waals surface area contributed by atoms with Gasteiger partial charge in [0.2, 0.25) is 5.89 Å². The minimum Gasteiger partial charge on any atom is -0.444 e. The van der Waals surface area contributed by atoms with E-state index in [0.717, 1.165) is 56.7 Å². The first kappa shape index (κ1) is 24.6. The maximum absolute atomic E-state index is 5.62. The Bertz CT molecular complexity index is 777. The zero-order valence-corrected chi connectivity index (χ0v) is 20.9. The number of hydrogen-bond acceptors (Lipinski definition) is 5. The van der Waals surface area contributed by atoms with Crippen LogP contribution in [0.1, 0.15) is 35.4 Å². The SMILES string of the molecule is CCNC(=NCc1ccc(CN2CCN(C)CC2)cc1)NCc1nc(C)c(C)o1.I. The molecule has 2 N–H and O–H groups in total. The summed E-state index contributed by atoms with van der Waals surface area (Å²) in [5.74, 6) is 2.31. The van der Waals surface area contributed by atoms with Gasteiger partial charge < -0.3 is 20.0 Å². The van der Waals surface area contributed by atoms with Gasteiger partial charge in [0, 0.05) is 39.3 Å². The van der Waals surface area contributed by atoms with Crippen molar-refractivity contribution in [3.8, 4) is 0 Å². The summed E-state index contributed by atoms with van der Waals surface area (Å²) in [6.07, 6.45) is 0. The van der Waals surface area contributed by atoms with Crippen molar-refractivity contribution in [2.45, 2.75) is 40.4 Å². The number of aryl methyl sites for hydroxylation is 2. The molecule has 0 bridgehead atoms. The molecule has 2 aromatic rings. The second kappa shape index (κ2) is 12.3. The first-order valence-electron chi connectivity index (χ1n) is 10.5. The Morgan fingerprint density at radius 3 is 2.33 bits per heavy atom. The van der Waals surface area contributed by atoms with Gasteiger partial charge in [-0.1, -0.05) is 24.3 Å².